The van der Waals surface area contributed by atoms with E-state index >= 15 is 0 Å². The fraction of sp³-hybridized carbons (Fsp3) is 0.560. The topological polar surface area (TPSA) is 89.0 Å². The number of aromatic nitrogens is 6. The van der Waals surface area contributed by atoms with Crippen LogP contribution in [0.4, 0.5) is 11.6 Å². The Morgan fingerprint density at radius 2 is 1.82 bits per heavy atom. The predicted octanol–water partition coefficient (Wildman–Crippen LogP) is 4.16. The van der Waals surface area contributed by atoms with E-state index in [0.717, 1.165) is 45.8 Å². The Morgan fingerprint density at radius 1 is 1.12 bits per heavy atom. The molecule has 0 radical (unpaired) electrons. The molecule has 34 heavy (non-hydrogen) atoms. The molecule has 1 atom stereocenters. The number of hydrogen-bond acceptors (Lipinski definition) is 6. The Labute approximate surface area is 199 Å². The first kappa shape index (κ1) is 21.6. The first-order chi connectivity index (χ1) is 16.4. The molecule has 2 fully saturated rings. The molecule has 0 saturated heterocycles. The zero-order valence-corrected chi connectivity index (χ0v) is 20.7. The van der Waals surface area contributed by atoms with Crippen molar-refractivity contribution in [2.24, 2.45) is 14.1 Å². The second-order valence-electron chi connectivity index (χ2n) is 10.2. The van der Waals surface area contributed by atoms with Crippen LogP contribution in [0.2, 0.25) is 0 Å². The summed E-state index contributed by atoms with van der Waals surface area (Å²) in [5.74, 6) is 1.82. The molecule has 0 aromatic carbocycles. The molecule has 9 heteroatoms. The van der Waals surface area contributed by atoms with E-state index in [1.54, 1.807) is 0 Å². The van der Waals surface area contributed by atoms with Crippen LogP contribution in [0.5, 0.6) is 0 Å². The Kier molecular flexibility index (Phi) is 4.97. The molecule has 2 saturated carbocycles. The molecule has 0 bridgehead atoms. The van der Waals surface area contributed by atoms with E-state index in [1.165, 1.54) is 25.7 Å². The van der Waals surface area contributed by atoms with Gasteiger partial charge in [-0.05, 0) is 44.6 Å². The van der Waals surface area contributed by atoms with Gasteiger partial charge in [0, 0.05) is 49.9 Å². The fourth-order valence-corrected chi connectivity index (χ4v) is 5.37. The standard InChI is InChI=1S/C25H34N8O/c1-6-32-19(25(34)33(15-7-8-15)16-9-10-16)11-17-22-21(26-13-30(22)4)23(28-24(17)32)27-20-12-18(14(2)3)31(5)29-20/h11-16,25,34H,6-10H2,1-5H3,(H,27,28,29). The monoisotopic (exact) mass is 462 g/mol. The minimum Gasteiger partial charge on any atom is -0.372 e. The summed E-state index contributed by atoms with van der Waals surface area (Å²) in [6.07, 6.45) is 5.94. The number of aryl methyl sites for hydroxylation is 3. The van der Waals surface area contributed by atoms with Crippen molar-refractivity contribution in [2.45, 2.75) is 77.2 Å². The highest BCUT2D eigenvalue weighted by molar-refractivity contribution is 6.07. The molecule has 0 amide bonds. The van der Waals surface area contributed by atoms with E-state index in [4.69, 9.17) is 4.98 Å². The maximum absolute atomic E-state index is 11.5. The number of imidazole rings is 1. The van der Waals surface area contributed by atoms with Crippen molar-refractivity contribution in [2.75, 3.05) is 5.32 Å². The largest absolute Gasteiger partial charge is 0.372 e. The zero-order chi connectivity index (χ0) is 23.7. The van der Waals surface area contributed by atoms with E-state index in [9.17, 15) is 5.11 Å². The van der Waals surface area contributed by atoms with Crippen LogP contribution in [0.1, 0.15) is 70.0 Å². The van der Waals surface area contributed by atoms with Gasteiger partial charge in [0.15, 0.2) is 11.6 Å². The lowest BCUT2D eigenvalue weighted by molar-refractivity contribution is -0.0160. The Bertz CT molecular complexity index is 1360. The van der Waals surface area contributed by atoms with Crippen molar-refractivity contribution in [3.05, 3.63) is 29.8 Å². The third-order valence-corrected chi connectivity index (χ3v) is 7.29. The first-order valence-corrected chi connectivity index (χ1v) is 12.5. The zero-order valence-electron chi connectivity index (χ0n) is 20.7. The van der Waals surface area contributed by atoms with Crippen LogP contribution in [0.25, 0.3) is 22.1 Å². The number of pyridine rings is 1. The molecule has 4 aromatic rings. The van der Waals surface area contributed by atoms with Gasteiger partial charge < -0.3 is 19.6 Å². The van der Waals surface area contributed by atoms with E-state index in [0.29, 0.717) is 23.8 Å². The third-order valence-electron chi connectivity index (χ3n) is 7.29. The lowest BCUT2D eigenvalue weighted by atomic mass is 10.1. The summed E-state index contributed by atoms with van der Waals surface area (Å²) in [4.78, 5) is 12.1. The summed E-state index contributed by atoms with van der Waals surface area (Å²) in [5, 5.41) is 20.6. The number of hydrogen-bond donors (Lipinski definition) is 2. The van der Waals surface area contributed by atoms with Crippen molar-refractivity contribution in [3.8, 4) is 0 Å². The molecule has 2 N–H and O–H groups in total. The van der Waals surface area contributed by atoms with Crippen molar-refractivity contribution >= 4 is 33.7 Å². The highest BCUT2D eigenvalue weighted by Gasteiger charge is 2.43. The van der Waals surface area contributed by atoms with Gasteiger partial charge in [-0.25, -0.2) is 9.97 Å². The SMILES string of the molecule is CCn1c(C(O)N(C2CC2)C2CC2)cc2c3c(ncn3C)c(Nc3cc(C(C)C)n(C)n3)nc21. The molecule has 2 aliphatic rings. The maximum atomic E-state index is 11.5. The minimum absolute atomic E-state index is 0.376. The number of nitrogens with one attached hydrogen (secondary N) is 1. The van der Waals surface area contributed by atoms with Gasteiger partial charge >= 0.3 is 0 Å². The normalized spacial score (nSPS) is 17.5. The molecule has 4 heterocycles. The van der Waals surface area contributed by atoms with Crippen LogP contribution in [-0.2, 0) is 20.6 Å². The Morgan fingerprint density at radius 3 is 2.41 bits per heavy atom. The lowest BCUT2D eigenvalue weighted by Gasteiger charge is -2.28. The summed E-state index contributed by atoms with van der Waals surface area (Å²) < 4.78 is 6.11. The summed E-state index contributed by atoms with van der Waals surface area (Å²) in [7, 11) is 3.98. The van der Waals surface area contributed by atoms with E-state index in [1.807, 2.05) is 29.7 Å². The third kappa shape index (κ3) is 3.41. The summed E-state index contributed by atoms with van der Waals surface area (Å²) in [6, 6.07) is 5.21. The highest BCUT2D eigenvalue weighted by atomic mass is 16.3. The number of rotatable bonds is 8. The van der Waals surface area contributed by atoms with Crippen LogP contribution in [0, 0.1) is 0 Å². The van der Waals surface area contributed by atoms with Gasteiger partial charge in [0.25, 0.3) is 0 Å². The first-order valence-electron chi connectivity index (χ1n) is 12.5. The molecule has 2 aliphatic carbocycles. The highest BCUT2D eigenvalue weighted by Crippen LogP contribution is 2.43. The van der Waals surface area contributed by atoms with E-state index in [-0.39, 0.29) is 0 Å². The maximum Gasteiger partial charge on any atom is 0.162 e. The van der Waals surface area contributed by atoms with Crippen LogP contribution in [0.15, 0.2) is 18.5 Å². The average Bonchev–Trinajstić information content (AvgIpc) is 3.71. The molecule has 0 aliphatic heterocycles. The van der Waals surface area contributed by atoms with Crippen LogP contribution in [-0.4, -0.2) is 51.0 Å². The Balaban J connectivity index is 1.49. The van der Waals surface area contributed by atoms with Gasteiger partial charge in [-0.3, -0.25) is 9.58 Å². The van der Waals surface area contributed by atoms with Gasteiger partial charge in [-0.1, -0.05) is 13.8 Å². The minimum atomic E-state index is -0.613. The van der Waals surface area contributed by atoms with Crippen LogP contribution < -0.4 is 5.32 Å². The molecule has 4 aromatic heterocycles. The molecular weight excluding hydrogens is 428 g/mol. The molecular formula is C25H34N8O. The van der Waals surface area contributed by atoms with Crippen molar-refractivity contribution in [1.82, 2.24) is 33.8 Å². The van der Waals surface area contributed by atoms with Gasteiger partial charge in [-0.15, -0.1) is 0 Å². The quantitative estimate of drug-likeness (QED) is 0.382. The van der Waals surface area contributed by atoms with Gasteiger partial charge in [0.2, 0.25) is 0 Å². The number of aliphatic hydroxyl groups is 1. The molecule has 180 valence electrons. The number of aliphatic hydroxyl groups excluding tert-OH is 1. The van der Waals surface area contributed by atoms with Gasteiger partial charge in [-0.2, -0.15) is 5.10 Å². The number of anilines is 2. The van der Waals surface area contributed by atoms with Crippen molar-refractivity contribution < 1.29 is 5.11 Å². The number of fused-ring (bicyclic) bond motifs is 3. The number of nitrogens with zero attached hydrogens (tertiary/aromatic N) is 7. The Hall–Kier alpha value is -2.91. The molecule has 0 spiro atoms. The average molecular weight is 463 g/mol. The summed E-state index contributed by atoms with van der Waals surface area (Å²) in [6.45, 7) is 7.17. The van der Waals surface area contributed by atoms with E-state index < -0.39 is 6.23 Å². The predicted molar refractivity (Wildman–Crippen MR) is 133 cm³/mol. The molecule has 9 nitrogen and oxygen atoms in total. The van der Waals surface area contributed by atoms with Crippen molar-refractivity contribution in [3.63, 3.8) is 0 Å². The molecule has 6 rings (SSSR count). The smallest absolute Gasteiger partial charge is 0.162 e. The van der Waals surface area contributed by atoms with Gasteiger partial charge in [0.1, 0.15) is 17.4 Å². The second kappa shape index (κ2) is 7.81. The summed E-state index contributed by atoms with van der Waals surface area (Å²) in [5.41, 5.74) is 4.76. The molecule has 1 unspecified atom stereocenters. The van der Waals surface area contributed by atoms with Gasteiger partial charge in [0.05, 0.1) is 17.5 Å². The van der Waals surface area contributed by atoms with Crippen molar-refractivity contribution in [1.29, 1.82) is 0 Å². The second-order valence-corrected chi connectivity index (χ2v) is 10.2. The lowest BCUT2D eigenvalue weighted by Crippen LogP contribution is -2.34. The fourth-order valence-electron chi connectivity index (χ4n) is 5.37. The summed E-state index contributed by atoms with van der Waals surface area (Å²) >= 11 is 0. The van der Waals surface area contributed by atoms with E-state index in [2.05, 4.69) is 57.8 Å². The van der Waals surface area contributed by atoms with Crippen LogP contribution in [0.3, 0.4) is 0 Å². The van der Waals surface area contributed by atoms with Crippen LogP contribution >= 0.6 is 0 Å².